The van der Waals surface area contributed by atoms with Crippen molar-refractivity contribution < 1.29 is 9.53 Å². The van der Waals surface area contributed by atoms with Crippen LogP contribution < -0.4 is 21.3 Å². The molecule has 0 aliphatic carbocycles. The fourth-order valence-corrected chi connectivity index (χ4v) is 2.95. The second kappa shape index (κ2) is 6.05. The zero-order valence-electron chi connectivity index (χ0n) is 12.0. The van der Waals surface area contributed by atoms with Crippen LogP contribution >= 0.6 is 11.3 Å². The molecule has 0 bridgehead atoms. The van der Waals surface area contributed by atoms with E-state index < -0.39 is 11.2 Å². The molecule has 3 aromatic rings. The van der Waals surface area contributed by atoms with Gasteiger partial charge >= 0.3 is 5.69 Å². The number of nitrogens with one attached hydrogen (secondary N) is 3. The van der Waals surface area contributed by atoms with Gasteiger partial charge in [0, 0.05) is 11.8 Å². The first-order valence-corrected chi connectivity index (χ1v) is 7.42. The van der Waals surface area contributed by atoms with Gasteiger partial charge in [-0.25, -0.2) is 9.78 Å². The minimum absolute atomic E-state index is 0.127. The van der Waals surface area contributed by atoms with Crippen molar-refractivity contribution in [2.45, 2.75) is 6.42 Å². The highest BCUT2D eigenvalue weighted by Crippen LogP contribution is 2.29. The number of ether oxygens (including phenoxy) is 1. The fourth-order valence-electron chi connectivity index (χ4n) is 2.04. The van der Waals surface area contributed by atoms with Crippen LogP contribution in [0, 0.1) is 0 Å². The van der Waals surface area contributed by atoms with Gasteiger partial charge in [0.1, 0.15) is 5.75 Å². The topological polar surface area (TPSA) is 117 Å². The van der Waals surface area contributed by atoms with Crippen LogP contribution in [-0.2, 0) is 11.2 Å². The number of rotatable bonds is 4. The van der Waals surface area contributed by atoms with Gasteiger partial charge in [0.05, 0.1) is 23.7 Å². The number of carbonyl (C=O) groups is 1. The van der Waals surface area contributed by atoms with Crippen LogP contribution in [0.5, 0.6) is 5.75 Å². The zero-order chi connectivity index (χ0) is 16.4. The number of benzene rings is 1. The number of thiazole rings is 1. The number of fused-ring (bicyclic) bond motifs is 1. The molecule has 0 spiro atoms. The van der Waals surface area contributed by atoms with Crippen molar-refractivity contribution >= 4 is 32.6 Å². The Bertz CT molecular complexity index is 960. The quantitative estimate of drug-likeness (QED) is 0.655. The van der Waals surface area contributed by atoms with Crippen molar-refractivity contribution in [3.05, 3.63) is 50.8 Å². The molecule has 1 aromatic carbocycles. The molecule has 0 unspecified atom stereocenters. The Kier molecular flexibility index (Phi) is 3.94. The lowest BCUT2D eigenvalue weighted by Crippen LogP contribution is -2.25. The molecule has 3 N–H and O–H groups in total. The molecule has 2 heterocycles. The molecule has 23 heavy (non-hydrogen) atoms. The predicted octanol–water partition coefficient (Wildman–Crippen LogP) is 0.863. The third-order valence-electron chi connectivity index (χ3n) is 3.01. The number of amides is 1. The molecule has 0 aliphatic heterocycles. The van der Waals surface area contributed by atoms with Gasteiger partial charge in [-0.15, -0.1) is 0 Å². The van der Waals surface area contributed by atoms with E-state index in [2.05, 4.69) is 15.3 Å². The summed E-state index contributed by atoms with van der Waals surface area (Å²) < 4.78 is 6.02. The minimum Gasteiger partial charge on any atom is -0.497 e. The maximum Gasteiger partial charge on any atom is 0.325 e. The number of aromatic nitrogens is 3. The van der Waals surface area contributed by atoms with E-state index in [0.717, 1.165) is 10.2 Å². The second-order valence-electron chi connectivity index (χ2n) is 4.69. The third kappa shape index (κ3) is 3.46. The van der Waals surface area contributed by atoms with Crippen LogP contribution in [-0.4, -0.2) is 28.0 Å². The van der Waals surface area contributed by atoms with Gasteiger partial charge in [0.25, 0.3) is 5.56 Å². The van der Waals surface area contributed by atoms with Crippen molar-refractivity contribution in [1.29, 1.82) is 0 Å². The molecule has 0 atom stereocenters. The standard InChI is InChI=1S/C14H12N4O4S/c1-22-8-2-3-9-10(6-8)23-14(16-9)18-12(20)5-7-4-11(19)17-13(21)15-7/h2-4,6H,5H2,1H3,(H,16,18,20)(H2,15,17,19,21). The third-order valence-corrected chi connectivity index (χ3v) is 3.94. The SMILES string of the molecule is COc1ccc2nc(NC(=O)Cc3cc(=O)[nH]c(=O)[nH]3)sc2c1. The van der Waals surface area contributed by atoms with Gasteiger partial charge in [-0.1, -0.05) is 11.3 Å². The summed E-state index contributed by atoms with van der Waals surface area (Å²) in [4.78, 5) is 43.1. The summed E-state index contributed by atoms with van der Waals surface area (Å²) in [5.74, 6) is 0.331. The Labute approximate surface area is 133 Å². The number of hydrogen-bond acceptors (Lipinski definition) is 6. The predicted molar refractivity (Wildman–Crippen MR) is 86.2 cm³/mol. The Hall–Kier alpha value is -2.94. The highest BCUT2D eigenvalue weighted by atomic mass is 32.1. The molecule has 8 nitrogen and oxygen atoms in total. The summed E-state index contributed by atoms with van der Waals surface area (Å²) >= 11 is 1.31. The van der Waals surface area contributed by atoms with E-state index in [4.69, 9.17) is 4.74 Å². The lowest BCUT2D eigenvalue weighted by Gasteiger charge is -2.00. The van der Waals surface area contributed by atoms with Gasteiger partial charge in [0.15, 0.2) is 5.13 Å². The van der Waals surface area contributed by atoms with Gasteiger partial charge in [-0.3, -0.25) is 14.6 Å². The summed E-state index contributed by atoms with van der Waals surface area (Å²) in [5, 5.41) is 3.09. The second-order valence-corrected chi connectivity index (χ2v) is 5.72. The smallest absolute Gasteiger partial charge is 0.325 e. The van der Waals surface area contributed by atoms with Crippen LogP contribution in [0.2, 0.25) is 0 Å². The Morgan fingerprint density at radius 3 is 2.87 bits per heavy atom. The molecule has 118 valence electrons. The molecule has 0 aliphatic rings. The van der Waals surface area contributed by atoms with Crippen LogP contribution in [0.4, 0.5) is 5.13 Å². The molecule has 0 saturated heterocycles. The minimum atomic E-state index is -0.646. The summed E-state index contributed by atoms with van der Waals surface area (Å²) in [5.41, 5.74) is -0.217. The molecule has 0 radical (unpaired) electrons. The Balaban J connectivity index is 1.77. The first-order chi connectivity index (χ1) is 11.0. The van der Waals surface area contributed by atoms with Crippen molar-refractivity contribution in [2.24, 2.45) is 0 Å². The monoisotopic (exact) mass is 332 g/mol. The zero-order valence-corrected chi connectivity index (χ0v) is 12.8. The van der Waals surface area contributed by atoms with E-state index in [1.807, 2.05) is 11.1 Å². The number of anilines is 1. The number of methoxy groups -OCH3 is 1. The van der Waals surface area contributed by atoms with E-state index in [9.17, 15) is 14.4 Å². The van der Waals surface area contributed by atoms with E-state index in [0.29, 0.717) is 10.9 Å². The molecule has 1 amide bonds. The first-order valence-electron chi connectivity index (χ1n) is 6.60. The largest absolute Gasteiger partial charge is 0.497 e. The van der Waals surface area contributed by atoms with Gasteiger partial charge < -0.3 is 15.0 Å². The van der Waals surface area contributed by atoms with E-state index in [-0.39, 0.29) is 18.0 Å². The summed E-state index contributed by atoms with van der Waals surface area (Å²) in [7, 11) is 1.58. The van der Waals surface area contributed by atoms with Crippen LogP contribution in [0.15, 0.2) is 33.9 Å². The highest BCUT2D eigenvalue weighted by Gasteiger charge is 2.10. The fraction of sp³-hybridized carbons (Fsp3) is 0.143. The number of hydrogen-bond donors (Lipinski definition) is 3. The Morgan fingerprint density at radius 2 is 2.13 bits per heavy atom. The average molecular weight is 332 g/mol. The number of H-pyrrole nitrogens is 2. The van der Waals surface area contributed by atoms with E-state index in [1.54, 1.807) is 19.2 Å². The lowest BCUT2D eigenvalue weighted by molar-refractivity contribution is -0.115. The van der Waals surface area contributed by atoms with Crippen LogP contribution in [0.1, 0.15) is 5.69 Å². The first kappa shape index (κ1) is 15.0. The molecular formula is C14H12N4O4S. The molecule has 0 fully saturated rings. The van der Waals surface area contributed by atoms with Crippen LogP contribution in [0.3, 0.4) is 0 Å². The summed E-state index contributed by atoms with van der Waals surface area (Å²) in [6.07, 6.45) is -0.127. The van der Waals surface area contributed by atoms with E-state index in [1.165, 1.54) is 17.4 Å². The van der Waals surface area contributed by atoms with Crippen LogP contribution in [0.25, 0.3) is 10.2 Å². The summed E-state index contributed by atoms with van der Waals surface area (Å²) in [6, 6.07) is 6.59. The number of carbonyl (C=O) groups excluding carboxylic acids is 1. The van der Waals surface area contributed by atoms with Gasteiger partial charge in [-0.2, -0.15) is 0 Å². The van der Waals surface area contributed by atoms with E-state index >= 15 is 0 Å². The highest BCUT2D eigenvalue weighted by molar-refractivity contribution is 7.22. The molecule has 9 heteroatoms. The van der Waals surface area contributed by atoms with Crippen molar-refractivity contribution in [3.8, 4) is 5.75 Å². The number of aromatic amines is 2. The van der Waals surface area contributed by atoms with Gasteiger partial charge in [0.2, 0.25) is 5.91 Å². The molecule has 3 rings (SSSR count). The van der Waals surface area contributed by atoms with Crippen molar-refractivity contribution in [2.75, 3.05) is 12.4 Å². The maximum atomic E-state index is 12.0. The van der Waals surface area contributed by atoms with Crippen molar-refractivity contribution in [1.82, 2.24) is 15.0 Å². The molecule has 0 saturated carbocycles. The normalized spacial score (nSPS) is 10.7. The average Bonchev–Trinajstić information content (AvgIpc) is 2.86. The maximum absolute atomic E-state index is 12.0. The summed E-state index contributed by atoms with van der Waals surface area (Å²) in [6.45, 7) is 0. The Morgan fingerprint density at radius 1 is 1.30 bits per heavy atom. The van der Waals surface area contributed by atoms with Gasteiger partial charge in [-0.05, 0) is 18.2 Å². The molecular weight excluding hydrogens is 320 g/mol. The number of nitrogens with zero attached hydrogens (tertiary/aromatic N) is 1. The lowest BCUT2D eigenvalue weighted by atomic mass is 10.3. The molecule has 2 aromatic heterocycles. The van der Waals surface area contributed by atoms with Crippen molar-refractivity contribution in [3.63, 3.8) is 0 Å².